The van der Waals surface area contributed by atoms with Gasteiger partial charge in [-0.3, -0.25) is 4.79 Å². The number of carbonyl (C=O) groups excluding carboxylic acids is 1. The molecule has 29 heavy (non-hydrogen) atoms. The van der Waals surface area contributed by atoms with Gasteiger partial charge in [-0.25, -0.2) is 8.42 Å². The second-order valence-electron chi connectivity index (χ2n) is 7.58. The lowest BCUT2D eigenvalue weighted by Crippen LogP contribution is -2.35. The van der Waals surface area contributed by atoms with Gasteiger partial charge in [-0.15, -0.1) is 0 Å². The van der Waals surface area contributed by atoms with Crippen molar-refractivity contribution in [3.8, 4) is 0 Å². The summed E-state index contributed by atoms with van der Waals surface area (Å²) < 4.78 is 28.0. The zero-order valence-corrected chi connectivity index (χ0v) is 17.5. The van der Waals surface area contributed by atoms with Crippen molar-refractivity contribution in [3.63, 3.8) is 0 Å². The Morgan fingerprint density at radius 3 is 2.62 bits per heavy atom. The highest BCUT2D eigenvalue weighted by Gasteiger charge is 2.23. The number of halogens is 1. The molecule has 1 heterocycles. The molecule has 0 radical (unpaired) electrons. The Bertz CT molecular complexity index is 1150. The Morgan fingerprint density at radius 1 is 1.10 bits per heavy atom. The van der Waals surface area contributed by atoms with Crippen molar-refractivity contribution in [1.29, 1.82) is 0 Å². The van der Waals surface area contributed by atoms with Gasteiger partial charge >= 0.3 is 0 Å². The highest BCUT2D eigenvalue weighted by Crippen LogP contribution is 2.28. The van der Waals surface area contributed by atoms with Crippen LogP contribution in [0.4, 0.5) is 0 Å². The van der Waals surface area contributed by atoms with Gasteiger partial charge in [-0.1, -0.05) is 54.8 Å². The Balaban J connectivity index is 1.63. The number of sulfone groups is 1. The molecule has 1 aliphatic carbocycles. The number of benzene rings is 2. The molecule has 0 atom stereocenters. The Kier molecular flexibility index (Phi) is 5.65. The molecule has 0 spiro atoms. The third-order valence-electron chi connectivity index (χ3n) is 5.37. The van der Waals surface area contributed by atoms with E-state index in [1.165, 1.54) is 0 Å². The largest absolute Gasteiger partial charge is 0.352 e. The monoisotopic (exact) mass is 430 g/mol. The van der Waals surface area contributed by atoms with E-state index >= 15 is 0 Å². The van der Waals surface area contributed by atoms with Gasteiger partial charge in [0, 0.05) is 28.2 Å². The molecule has 1 amide bonds. The van der Waals surface area contributed by atoms with E-state index in [-0.39, 0.29) is 29.1 Å². The van der Waals surface area contributed by atoms with Crippen molar-refractivity contribution in [3.05, 3.63) is 65.3 Å². The first kappa shape index (κ1) is 20.0. The molecule has 7 heteroatoms. The smallest absolute Gasteiger partial charge is 0.240 e. The quantitative estimate of drug-likeness (QED) is 0.632. The van der Waals surface area contributed by atoms with Crippen LogP contribution < -0.4 is 5.32 Å². The van der Waals surface area contributed by atoms with E-state index in [4.69, 9.17) is 11.6 Å². The normalized spacial score (nSPS) is 15.1. The fourth-order valence-electron chi connectivity index (χ4n) is 4.01. The van der Waals surface area contributed by atoms with E-state index in [1.807, 2.05) is 18.2 Å². The maximum atomic E-state index is 13.1. The molecule has 0 bridgehead atoms. The molecule has 3 aromatic rings. The second kappa shape index (κ2) is 8.20. The molecule has 0 saturated heterocycles. The maximum Gasteiger partial charge on any atom is 0.240 e. The number of para-hydroxylation sites is 1. The third-order valence-corrected chi connectivity index (χ3v) is 7.31. The van der Waals surface area contributed by atoms with Crippen LogP contribution in [0.3, 0.4) is 0 Å². The van der Waals surface area contributed by atoms with Crippen molar-refractivity contribution in [2.75, 3.05) is 0 Å². The lowest BCUT2D eigenvalue weighted by atomic mass is 10.2. The standard InChI is InChI=1S/C22H23ClN2O3S/c23-17-7-5-6-16(12-17)15-29(27,28)21-13-25(20-11-4-3-10-19(20)21)14-22(26)24-18-8-1-2-9-18/h3-7,10-13,18H,1-2,8-9,14-15H2,(H,24,26). The predicted octanol–water partition coefficient (Wildman–Crippen LogP) is 4.33. The van der Waals surface area contributed by atoms with Crippen LogP contribution in [0.2, 0.25) is 5.02 Å². The van der Waals surface area contributed by atoms with Gasteiger partial charge in [0.1, 0.15) is 6.54 Å². The minimum Gasteiger partial charge on any atom is -0.352 e. The first-order chi connectivity index (χ1) is 13.9. The van der Waals surface area contributed by atoms with Crippen LogP contribution in [-0.2, 0) is 26.9 Å². The van der Waals surface area contributed by atoms with Crippen molar-refractivity contribution >= 4 is 38.2 Å². The van der Waals surface area contributed by atoms with Gasteiger partial charge in [0.25, 0.3) is 0 Å². The van der Waals surface area contributed by atoms with Gasteiger partial charge in [-0.05, 0) is 36.6 Å². The average Bonchev–Trinajstić information content (AvgIpc) is 3.30. The SMILES string of the molecule is O=C(Cn1cc(S(=O)(=O)Cc2cccc(Cl)c2)c2ccccc21)NC1CCCC1. The molecular weight excluding hydrogens is 408 g/mol. The minimum atomic E-state index is -3.61. The van der Waals surface area contributed by atoms with Crippen molar-refractivity contribution in [2.24, 2.45) is 0 Å². The molecule has 1 saturated carbocycles. The fraction of sp³-hybridized carbons (Fsp3) is 0.318. The van der Waals surface area contributed by atoms with E-state index in [1.54, 1.807) is 41.1 Å². The van der Waals surface area contributed by atoms with Gasteiger partial charge in [0.15, 0.2) is 9.84 Å². The molecule has 0 aliphatic heterocycles. The Hall–Kier alpha value is -2.31. The summed E-state index contributed by atoms with van der Waals surface area (Å²) in [5.74, 6) is -0.230. The number of carbonyl (C=O) groups is 1. The highest BCUT2D eigenvalue weighted by atomic mass is 35.5. The summed E-state index contributed by atoms with van der Waals surface area (Å²) in [4.78, 5) is 12.7. The summed E-state index contributed by atoms with van der Waals surface area (Å²) in [5, 5.41) is 4.19. The number of rotatable bonds is 6. The van der Waals surface area contributed by atoms with Crippen molar-refractivity contribution in [1.82, 2.24) is 9.88 Å². The van der Waals surface area contributed by atoms with E-state index in [9.17, 15) is 13.2 Å². The lowest BCUT2D eigenvalue weighted by molar-refractivity contribution is -0.122. The maximum absolute atomic E-state index is 13.1. The minimum absolute atomic E-state index is 0.0866. The number of nitrogens with zero attached hydrogens (tertiary/aromatic N) is 1. The zero-order valence-electron chi connectivity index (χ0n) is 16.0. The first-order valence-corrected chi connectivity index (χ1v) is 11.8. The number of amides is 1. The number of hydrogen-bond acceptors (Lipinski definition) is 3. The molecule has 4 rings (SSSR count). The number of hydrogen-bond donors (Lipinski definition) is 1. The van der Waals surface area contributed by atoms with E-state index in [2.05, 4.69) is 5.32 Å². The Morgan fingerprint density at radius 2 is 1.86 bits per heavy atom. The van der Waals surface area contributed by atoms with Crippen LogP contribution in [0.1, 0.15) is 31.2 Å². The molecule has 1 aromatic heterocycles. The van der Waals surface area contributed by atoms with Crippen LogP contribution in [0, 0.1) is 0 Å². The van der Waals surface area contributed by atoms with Crippen molar-refractivity contribution in [2.45, 2.75) is 48.9 Å². The van der Waals surface area contributed by atoms with Crippen LogP contribution in [0.25, 0.3) is 10.9 Å². The van der Waals surface area contributed by atoms with E-state index < -0.39 is 9.84 Å². The zero-order chi connectivity index (χ0) is 20.4. The Labute approximate surface area is 175 Å². The molecule has 2 aromatic carbocycles. The molecule has 5 nitrogen and oxygen atoms in total. The van der Waals surface area contributed by atoms with Gasteiger partial charge in [-0.2, -0.15) is 0 Å². The van der Waals surface area contributed by atoms with Crippen LogP contribution >= 0.6 is 11.6 Å². The number of nitrogens with one attached hydrogen (secondary N) is 1. The number of fused-ring (bicyclic) bond motifs is 1. The van der Waals surface area contributed by atoms with Gasteiger partial charge in [0.05, 0.1) is 10.6 Å². The third kappa shape index (κ3) is 4.49. The fourth-order valence-corrected chi connectivity index (χ4v) is 5.80. The average molecular weight is 431 g/mol. The second-order valence-corrected chi connectivity index (χ2v) is 9.97. The van der Waals surface area contributed by atoms with Gasteiger partial charge < -0.3 is 9.88 Å². The molecular formula is C22H23ClN2O3S. The summed E-state index contributed by atoms with van der Waals surface area (Å²) in [6.45, 7) is 0.101. The summed E-state index contributed by atoms with van der Waals surface area (Å²) in [6.07, 6.45) is 5.89. The van der Waals surface area contributed by atoms with E-state index in [0.29, 0.717) is 16.0 Å². The molecule has 0 unspecified atom stereocenters. The molecule has 1 N–H and O–H groups in total. The van der Waals surface area contributed by atoms with Crippen LogP contribution in [0.5, 0.6) is 0 Å². The summed E-state index contributed by atoms with van der Waals surface area (Å²) >= 11 is 6.00. The van der Waals surface area contributed by atoms with Crippen LogP contribution in [0.15, 0.2) is 59.6 Å². The molecule has 1 aliphatic rings. The number of aromatic nitrogens is 1. The van der Waals surface area contributed by atoms with Gasteiger partial charge in [0.2, 0.25) is 5.91 Å². The van der Waals surface area contributed by atoms with E-state index in [0.717, 1.165) is 31.2 Å². The summed E-state index contributed by atoms with van der Waals surface area (Å²) in [7, 11) is -3.61. The summed E-state index contributed by atoms with van der Waals surface area (Å²) in [5.41, 5.74) is 1.37. The molecule has 152 valence electrons. The van der Waals surface area contributed by atoms with Crippen molar-refractivity contribution < 1.29 is 13.2 Å². The summed E-state index contributed by atoms with van der Waals surface area (Å²) in [6, 6.07) is 14.4. The lowest BCUT2D eigenvalue weighted by Gasteiger charge is -2.12. The molecule has 1 fully saturated rings. The topological polar surface area (TPSA) is 68.2 Å². The first-order valence-electron chi connectivity index (χ1n) is 9.77. The highest BCUT2D eigenvalue weighted by molar-refractivity contribution is 7.90. The van der Waals surface area contributed by atoms with Crippen LogP contribution in [-0.4, -0.2) is 24.9 Å². The predicted molar refractivity (Wildman–Crippen MR) is 115 cm³/mol.